The Morgan fingerprint density at radius 2 is 1.70 bits per heavy atom. The molecule has 0 aliphatic rings. The van der Waals surface area contributed by atoms with E-state index in [2.05, 4.69) is 0 Å². The second-order valence-electron chi connectivity index (χ2n) is 1.95. The van der Waals surface area contributed by atoms with E-state index in [9.17, 15) is 0 Å². The van der Waals surface area contributed by atoms with Crippen molar-refractivity contribution in [2.75, 3.05) is 0 Å². The van der Waals surface area contributed by atoms with E-state index in [0.717, 1.165) is 9.79 Å². The summed E-state index contributed by atoms with van der Waals surface area (Å²) in [6, 6.07) is 5.75. The normalized spacial score (nSPS) is 8.50. The molecule has 0 saturated heterocycles. The molecule has 0 nitrogen and oxygen atoms in total. The summed E-state index contributed by atoms with van der Waals surface area (Å²) in [6.07, 6.45) is 0. The quantitative estimate of drug-likeness (QED) is 0.518. The summed E-state index contributed by atoms with van der Waals surface area (Å²) < 4.78 is 0. The van der Waals surface area contributed by atoms with Crippen molar-refractivity contribution in [3.63, 3.8) is 0 Å². The number of hydrogen-bond acceptors (Lipinski definition) is 2. The van der Waals surface area contributed by atoms with Gasteiger partial charge in [0.2, 0.25) is 0 Å². The predicted molar refractivity (Wildman–Crippen MR) is 48.2 cm³/mol. The third-order valence-electron chi connectivity index (χ3n) is 1.10. The first kappa shape index (κ1) is 10.5. The summed E-state index contributed by atoms with van der Waals surface area (Å²) in [5.41, 5.74) is 1.17. The van der Waals surface area contributed by atoms with E-state index in [4.69, 9.17) is 25.3 Å². The molecule has 0 aliphatic heterocycles. The Labute approximate surface area is 89.2 Å². The van der Waals surface area contributed by atoms with Gasteiger partial charge in [0.1, 0.15) is 0 Å². The molecule has 0 heterocycles. The molecule has 0 fully saturated rings. The summed E-state index contributed by atoms with van der Waals surface area (Å²) in [7, 11) is 0. The van der Waals surface area contributed by atoms with Crippen molar-refractivity contribution in [3.05, 3.63) is 23.8 Å². The van der Waals surface area contributed by atoms with E-state index in [1.165, 1.54) is 5.56 Å². The van der Waals surface area contributed by atoms with E-state index in [0.29, 0.717) is 0 Å². The molecule has 0 bridgehead atoms. The predicted octanol–water partition coefficient (Wildman–Crippen LogP) is 1.43. The second-order valence-corrected chi connectivity index (χ2v) is 2.83. The van der Waals surface area contributed by atoms with E-state index < -0.39 is 0 Å². The van der Waals surface area contributed by atoms with Crippen LogP contribution in [0.5, 0.6) is 0 Å². The summed E-state index contributed by atoms with van der Waals surface area (Å²) in [6.45, 7) is 2.00. The van der Waals surface area contributed by atoms with Crippen LogP contribution in [0.2, 0.25) is 0 Å². The molecular formula is C7H6S2Sn. The fourth-order valence-electron chi connectivity index (χ4n) is 0.615. The minimum atomic E-state index is 0. The second kappa shape index (κ2) is 4.36. The molecule has 1 aromatic carbocycles. The molecule has 0 spiro atoms. The molecule has 3 heteroatoms. The number of aryl methyl sites for hydroxylation is 1. The Kier molecular flexibility index (Phi) is 4.56. The maximum absolute atomic E-state index is 4.94. The van der Waals surface area contributed by atoms with Crippen LogP contribution in [0, 0.1) is 6.92 Å². The van der Waals surface area contributed by atoms with E-state index in [1.807, 2.05) is 25.1 Å². The van der Waals surface area contributed by atoms with Crippen molar-refractivity contribution in [2.24, 2.45) is 0 Å². The Balaban J connectivity index is 0.000000810. The van der Waals surface area contributed by atoms with Gasteiger partial charge >= 0.3 is 23.9 Å². The Morgan fingerprint density at radius 1 is 1.10 bits per heavy atom. The first-order valence-corrected chi connectivity index (χ1v) is 3.46. The van der Waals surface area contributed by atoms with Crippen molar-refractivity contribution in [1.82, 2.24) is 0 Å². The van der Waals surface area contributed by atoms with Gasteiger partial charge < -0.3 is 25.3 Å². The third-order valence-corrected chi connectivity index (χ3v) is 1.92. The minimum Gasteiger partial charge on any atom is -0.781 e. The molecule has 0 saturated carbocycles. The van der Waals surface area contributed by atoms with Gasteiger partial charge in [0.05, 0.1) is 0 Å². The monoisotopic (exact) mass is 274 g/mol. The van der Waals surface area contributed by atoms with Gasteiger partial charge in [0, 0.05) is 0 Å². The van der Waals surface area contributed by atoms with Gasteiger partial charge in [-0.2, -0.15) is 9.79 Å². The van der Waals surface area contributed by atoms with Crippen LogP contribution in [0.3, 0.4) is 0 Å². The largest absolute Gasteiger partial charge is 2.00 e. The van der Waals surface area contributed by atoms with E-state index >= 15 is 0 Å². The summed E-state index contributed by atoms with van der Waals surface area (Å²) >= 11 is 9.85. The molecule has 0 N–H and O–H groups in total. The van der Waals surface area contributed by atoms with Crippen LogP contribution >= 0.6 is 0 Å². The molecule has 2 radical (unpaired) electrons. The van der Waals surface area contributed by atoms with Gasteiger partial charge in [-0.25, -0.2) is 0 Å². The van der Waals surface area contributed by atoms with Gasteiger partial charge in [0.25, 0.3) is 0 Å². The molecule has 50 valence electrons. The zero-order chi connectivity index (χ0) is 6.85. The van der Waals surface area contributed by atoms with Gasteiger partial charge in [-0.15, -0.1) is 0 Å². The van der Waals surface area contributed by atoms with Gasteiger partial charge in [-0.1, -0.05) is 23.8 Å². The third kappa shape index (κ3) is 2.60. The average molecular weight is 273 g/mol. The smallest absolute Gasteiger partial charge is 0.781 e. The molecule has 10 heavy (non-hydrogen) atoms. The van der Waals surface area contributed by atoms with Gasteiger partial charge in [-0.05, 0) is 6.92 Å². The van der Waals surface area contributed by atoms with Crippen LogP contribution in [-0.4, -0.2) is 23.9 Å². The molecule has 0 amide bonds. The molecule has 0 unspecified atom stereocenters. The maximum Gasteiger partial charge on any atom is 2.00 e. The van der Waals surface area contributed by atoms with Gasteiger partial charge in [-0.3, -0.25) is 0 Å². The van der Waals surface area contributed by atoms with Crippen molar-refractivity contribution in [2.45, 2.75) is 16.7 Å². The Morgan fingerprint density at radius 3 is 2.10 bits per heavy atom. The standard InChI is InChI=1S/C7H8S2.Sn/c1-5-2-3-6(8)7(9)4-5;/h2-4,8-9H,1H3;/q;+2/p-2. The summed E-state index contributed by atoms with van der Waals surface area (Å²) in [5, 5.41) is 0. The van der Waals surface area contributed by atoms with Crippen LogP contribution < -0.4 is 0 Å². The van der Waals surface area contributed by atoms with Crippen molar-refractivity contribution in [1.29, 1.82) is 0 Å². The zero-order valence-electron chi connectivity index (χ0n) is 5.55. The van der Waals surface area contributed by atoms with E-state index in [1.54, 1.807) is 0 Å². The minimum absolute atomic E-state index is 0. The molecule has 0 atom stereocenters. The van der Waals surface area contributed by atoms with E-state index in [-0.39, 0.29) is 23.9 Å². The molecule has 1 rings (SSSR count). The van der Waals surface area contributed by atoms with Crippen LogP contribution in [0.1, 0.15) is 5.56 Å². The zero-order valence-corrected chi connectivity index (χ0v) is 10.0. The molecule has 0 aromatic heterocycles. The number of rotatable bonds is 0. The number of hydrogen-bond donors (Lipinski definition) is 0. The fraction of sp³-hybridized carbons (Fsp3) is 0.143. The molecular weight excluding hydrogens is 267 g/mol. The Hall–Kier alpha value is 0.459. The van der Waals surface area contributed by atoms with Crippen LogP contribution in [-0.2, 0) is 25.3 Å². The van der Waals surface area contributed by atoms with Crippen LogP contribution in [0.25, 0.3) is 0 Å². The molecule has 1 aromatic rings. The summed E-state index contributed by atoms with van der Waals surface area (Å²) in [4.78, 5) is 1.56. The SMILES string of the molecule is Cc1ccc([S-])c([S-])c1.[Sn+2]. The topological polar surface area (TPSA) is 0 Å². The van der Waals surface area contributed by atoms with Crippen LogP contribution in [0.15, 0.2) is 28.0 Å². The molecule has 0 aliphatic carbocycles. The fourth-order valence-corrected chi connectivity index (χ4v) is 0.996. The first-order chi connectivity index (χ1) is 4.20. The average Bonchev–Trinajstić information content (AvgIpc) is 1.80. The van der Waals surface area contributed by atoms with Crippen molar-refractivity contribution in [3.8, 4) is 0 Å². The Bertz CT molecular complexity index is 223. The van der Waals surface area contributed by atoms with Gasteiger partial charge in [0.15, 0.2) is 0 Å². The number of benzene rings is 1. The van der Waals surface area contributed by atoms with Crippen molar-refractivity contribution < 1.29 is 0 Å². The summed E-state index contributed by atoms with van der Waals surface area (Å²) in [5.74, 6) is 0. The maximum atomic E-state index is 4.94. The first-order valence-electron chi connectivity index (χ1n) is 2.65. The van der Waals surface area contributed by atoms with Crippen molar-refractivity contribution >= 4 is 49.2 Å². The van der Waals surface area contributed by atoms with Crippen LogP contribution in [0.4, 0.5) is 0 Å².